The molecule has 2 N–H and O–H groups in total. The first kappa shape index (κ1) is 12.9. The number of hydrogen-bond acceptors (Lipinski definition) is 4. The number of nitrogens with one attached hydrogen (secondary N) is 2. The molecule has 0 saturated carbocycles. The summed E-state index contributed by atoms with van der Waals surface area (Å²) in [5.74, 6) is -0.908. The van der Waals surface area contributed by atoms with E-state index in [1.54, 1.807) is 24.3 Å². The number of allylic oxidation sites excluding steroid dienone is 2. The van der Waals surface area contributed by atoms with Crippen molar-refractivity contribution in [3.05, 3.63) is 57.7 Å². The molecule has 7 heteroatoms. The molecule has 2 aromatic rings. The lowest BCUT2D eigenvalue weighted by Gasteiger charge is -2.15. The molecule has 100 valence electrons. The van der Waals surface area contributed by atoms with Crippen molar-refractivity contribution in [1.82, 2.24) is 9.97 Å². The smallest absolute Gasteiger partial charge is 0.231 e. The van der Waals surface area contributed by atoms with Crippen LogP contribution in [0.4, 0.5) is 5.69 Å². The Bertz CT molecular complexity index is 764. The van der Waals surface area contributed by atoms with Gasteiger partial charge in [0, 0.05) is 10.7 Å². The fourth-order valence-corrected chi connectivity index (χ4v) is 2.32. The summed E-state index contributed by atoms with van der Waals surface area (Å²) in [6.45, 7) is 0. The minimum atomic E-state index is -0.469. The average molecular weight is 308 g/mol. The topological polar surface area (TPSA) is 74.8 Å². The number of nitrogens with zero attached hydrogens (tertiary/aromatic N) is 1. The number of anilines is 1. The number of Topliss-reactive ketones (excluding diaryl/α,β-unsaturated/α-hetero) is 2. The van der Waals surface area contributed by atoms with Gasteiger partial charge in [-0.15, -0.1) is 0 Å². The molecule has 1 aliphatic rings. The Morgan fingerprint density at radius 3 is 2.70 bits per heavy atom. The van der Waals surface area contributed by atoms with Crippen LogP contribution in [0.25, 0.3) is 0 Å². The number of hydrogen-bond donors (Lipinski definition) is 2. The molecule has 0 radical (unpaired) electrons. The molecule has 1 aromatic heterocycles. The van der Waals surface area contributed by atoms with Crippen LogP contribution >= 0.6 is 23.2 Å². The van der Waals surface area contributed by atoms with Crippen LogP contribution < -0.4 is 5.32 Å². The van der Waals surface area contributed by atoms with Gasteiger partial charge in [-0.1, -0.05) is 29.3 Å². The molecule has 3 rings (SSSR count). The molecule has 5 nitrogen and oxygen atoms in total. The van der Waals surface area contributed by atoms with Crippen molar-refractivity contribution in [2.75, 3.05) is 5.32 Å². The van der Waals surface area contributed by atoms with E-state index < -0.39 is 11.6 Å². The van der Waals surface area contributed by atoms with Crippen molar-refractivity contribution >= 4 is 40.5 Å². The quantitative estimate of drug-likeness (QED) is 0.894. The molecule has 1 aromatic carbocycles. The van der Waals surface area contributed by atoms with E-state index in [0.717, 1.165) is 0 Å². The van der Waals surface area contributed by atoms with E-state index in [1.165, 1.54) is 6.33 Å². The molecular formula is C13H7Cl2N3O2. The Morgan fingerprint density at radius 2 is 1.95 bits per heavy atom. The molecule has 0 amide bonds. The summed E-state index contributed by atoms with van der Waals surface area (Å²) in [7, 11) is 0. The third kappa shape index (κ3) is 2.01. The maximum atomic E-state index is 12.3. The summed E-state index contributed by atoms with van der Waals surface area (Å²) < 4.78 is 0. The highest BCUT2D eigenvalue weighted by Crippen LogP contribution is 2.28. The van der Waals surface area contributed by atoms with Crippen molar-refractivity contribution in [1.29, 1.82) is 0 Å². The van der Waals surface area contributed by atoms with Crippen LogP contribution in [0.2, 0.25) is 5.02 Å². The number of benzene rings is 1. The van der Waals surface area contributed by atoms with Gasteiger partial charge in [0.1, 0.15) is 22.1 Å². The monoisotopic (exact) mass is 307 g/mol. The molecule has 20 heavy (non-hydrogen) atoms. The van der Waals surface area contributed by atoms with Crippen LogP contribution in [-0.4, -0.2) is 21.5 Å². The molecule has 0 saturated heterocycles. The Hall–Kier alpha value is -2.11. The fourth-order valence-electron chi connectivity index (χ4n) is 1.90. The normalized spacial score (nSPS) is 14.5. The van der Waals surface area contributed by atoms with E-state index in [4.69, 9.17) is 23.2 Å². The van der Waals surface area contributed by atoms with Crippen LogP contribution in [0.15, 0.2) is 41.3 Å². The average Bonchev–Trinajstić information content (AvgIpc) is 2.91. The highest BCUT2D eigenvalue weighted by Gasteiger charge is 2.33. The van der Waals surface area contributed by atoms with E-state index in [9.17, 15) is 9.59 Å². The molecular weight excluding hydrogens is 301 g/mol. The number of halogens is 2. The van der Waals surface area contributed by atoms with Gasteiger partial charge in [0.05, 0.1) is 6.33 Å². The molecule has 0 atom stereocenters. The molecule has 0 bridgehead atoms. The van der Waals surface area contributed by atoms with Gasteiger partial charge in [0.15, 0.2) is 0 Å². The molecule has 0 fully saturated rings. The molecule has 1 heterocycles. The first-order valence-electron chi connectivity index (χ1n) is 5.63. The van der Waals surface area contributed by atoms with Crippen LogP contribution in [-0.2, 0) is 0 Å². The standard InChI is InChI=1S/C13H7Cl2N3O2/c14-6-2-1-3-7(4-6)18-9-8(15)12(19)10-11(13(9)20)17-5-16-10/h1-5,18H,(H,16,17). The van der Waals surface area contributed by atoms with Crippen molar-refractivity contribution in [2.24, 2.45) is 0 Å². The highest BCUT2D eigenvalue weighted by atomic mass is 35.5. The number of aromatic nitrogens is 2. The van der Waals surface area contributed by atoms with E-state index in [1.807, 2.05) is 0 Å². The predicted octanol–water partition coefficient (Wildman–Crippen LogP) is 3.00. The van der Waals surface area contributed by atoms with Gasteiger partial charge in [-0.05, 0) is 18.2 Å². The van der Waals surface area contributed by atoms with Gasteiger partial charge < -0.3 is 10.3 Å². The maximum absolute atomic E-state index is 12.3. The number of carbonyl (C=O) groups excluding carboxylic acids is 2. The third-order valence-electron chi connectivity index (χ3n) is 2.82. The summed E-state index contributed by atoms with van der Waals surface area (Å²) >= 11 is 11.8. The summed E-state index contributed by atoms with van der Waals surface area (Å²) in [6.07, 6.45) is 1.28. The predicted molar refractivity (Wildman–Crippen MR) is 75.2 cm³/mol. The van der Waals surface area contributed by atoms with Gasteiger partial charge in [-0.25, -0.2) is 4.98 Å². The number of carbonyl (C=O) groups is 2. The zero-order valence-corrected chi connectivity index (χ0v) is 11.4. The third-order valence-corrected chi connectivity index (χ3v) is 3.42. The van der Waals surface area contributed by atoms with Crippen LogP contribution in [0.5, 0.6) is 0 Å². The van der Waals surface area contributed by atoms with Gasteiger partial charge in [-0.3, -0.25) is 9.59 Å². The molecule has 0 aliphatic heterocycles. The maximum Gasteiger partial charge on any atom is 0.231 e. The minimum Gasteiger partial charge on any atom is -0.351 e. The van der Waals surface area contributed by atoms with Gasteiger partial charge >= 0.3 is 0 Å². The van der Waals surface area contributed by atoms with E-state index >= 15 is 0 Å². The van der Waals surface area contributed by atoms with Gasteiger partial charge in [-0.2, -0.15) is 0 Å². The number of fused-ring (bicyclic) bond motifs is 1. The fraction of sp³-hybridized carbons (Fsp3) is 0. The van der Waals surface area contributed by atoms with E-state index in [0.29, 0.717) is 10.7 Å². The summed E-state index contributed by atoms with van der Waals surface area (Å²) in [5, 5.41) is 3.15. The first-order chi connectivity index (χ1) is 9.58. The van der Waals surface area contributed by atoms with E-state index in [2.05, 4.69) is 15.3 Å². The summed E-state index contributed by atoms with van der Waals surface area (Å²) in [6, 6.07) is 6.74. The lowest BCUT2D eigenvalue weighted by Crippen LogP contribution is -2.24. The SMILES string of the molecule is O=C1C(Nc2cccc(Cl)c2)=C(Cl)C(=O)c2[nH]cnc21. The zero-order chi connectivity index (χ0) is 14.3. The first-order valence-corrected chi connectivity index (χ1v) is 6.38. The zero-order valence-electron chi connectivity index (χ0n) is 9.91. The summed E-state index contributed by atoms with van der Waals surface area (Å²) in [5.41, 5.74) is 0.727. The van der Waals surface area contributed by atoms with E-state index in [-0.39, 0.29) is 22.1 Å². The van der Waals surface area contributed by atoms with Crippen molar-refractivity contribution in [2.45, 2.75) is 0 Å². The lowest BCUT2D eigenvalue weighted by atomic mass is 10.0. The van der Waals surface area contributed by atoms with Crippen LogP contribution in [0.3, 0.4) is 0 Å². The Morgan fingerprint density at radius 1 is 1.15 bits per heavy atom. The Kier molecular flexibility index (Phi) is 3.08. The minimum absolute atomic E-state index is 0.00136. The van der Waals surface area contributed by atoms with Gasteiger partial charge in [0.25, 0.3) is 0 Å². The second kappa shape index (κ2) is 4.77. The second-order valence-corrected chi connectivity index (χ2v) is 4.92. The Balaban J connectivity index is 2.03. The highest BCUT2D eigenvalue weighted by molar-refractivity contribution is 6.49. The second-order valence-electron chi connectivity index (χ2n) is 4.11. The summed E-state index contributed by atoms with van der Waals surface area (Å²) in [4.78, 5) is 30.7. The van der Waals surface area contributed by atoms with Gasteiger partial charge in [0.2, 0.25) is 11.6 Å². The van der Waals surface area contributed by atoms with Crippen LogP contribution in [0.1, 0.15) is 21.0 Å². The van der Waals surface area contributed by atoms with Crippen molar-refractivity contribution in [3.8, 4) is 0 Å². The molecule has 0 spiro atoms. The number of imidazole rings is 1. The number of aromatic amines is 1. The van der Waals surface area contributed by atoms with Crippen molar-refractivity contribution in [3.63, 3.8) is 0 Å². The number of ketones is 2. The molecule has 0 unspecified atom stereocenters. The number of H-pyrrole nitrogens is 1. The number of rotatable bonds is 2. The van der Waals surface area contributed by atoms with Crippen molar-refractivity contribution < 1.29 is 9.59 Å². The largest absolute Gasteiger partial charge is 0.351 e. The Labute approximate surface area is 123 Å². The molecule has 1 aliphatic carbocycles. The van der Waals surface area contributed by atoms with Crippen LogP contribution in [0, 0.1) is 0 Å². The lowest BCUT2D eigenvalue weighted by molar-refractivity contribution is 0.0977.